The van der Waals surface area contributed by atoms with Gasteiger partial charge < -0.3 is 20.6 Å². The van der Waals surface area contributed by atoms with Gasteiger partial charge in [-0.3, -0.25) is 4.79 Å². The lowest BCUT2D eigenvalue weighted by Gasteiger charge is -2.26. The van der Waals surface area contributed by atoms with Crippen molar-refractivity contribution in [1.82, 2.24) is 15.5 Å². The van der Waals surface area contributed by atoms with E-state index in [1.807, 2.05) is 0 Å². The Kier molecular flexibility index (Phi) is 5.40. The van der Waals surface area contributed by atoms with Crippen LogP contribution in [0.4, 0.5) is 4.79 Å². The number of rotatable bonds is 5. The van der Waals surface area contributed by atoms with Gasteiger partial charge in [0.2, 0.25) is 0 Å². The molecule has 0 aromatic heterocycles. The normalized spacial score (nSPS) is 26.4. The van der Waals surface area contributed by atoms with Gasteiger partial charge in [-0.2, -0.15) is 0 Å². The minimum atomic E-state index is -0.837. The number of nitrogens with zero attached hydrogens (tertiary/aromatic N) is 1. The first-order valence-electron chi connectivity index (χ1n) is 7.33. The van der Waals surface area contributed by atoms with Gasteiger partial charge in [0.25, 0.3) is 0 Å². The number of carboxylic acid groups (broad SMARTS) is 1. The Bertz CT molecular complexity index is 378. The van der Waals surface area contributed by atoms with Gasteiger partial charge in [0.05, 0.1) is 12.0 Å². The zero-order chi connectivity index (χ0) is 14.4. The summed E-state index contributed by atoms with van der Waals surface area (Å²) in [6.07, 6.45) is 7.63. The van der Waals surface area contributed by atoms with Crippen LogP contribution >= 0.6 is 0 Å². The van der Waals surface area contributed by atoms with E-state index in [1.165, 1.54) is 19.3 Å². The second kappa shape index (κ2) is 7.28. The molecule has 1 aliphatic carbocycles. The summed E-state index contributed by atoms with van der Waals surface area (Å²) < 4.78 is 0. The van der Waals surface area contributed by atoms with E-state index in [-0.39, 0.29) is 12.1 Å². The summed E-state index contributed by atoms with van der Waals surface area (Å²) in [5.74, 6) is -1.32. The van der Waals surface area contributed by atoms with Gasteiger partial charge >= 0.3 is 12.0 Å². The van der Waals surface area contributed by atoms with E-state index in [4.69, 9.17) is 5.11 Å². The van der Waals surface area contributed by atoms with Crippen LogP contribution in [0.2, 0.25) is 0 Å². The molecular formula is C14H23N3O3. The van der Waals surface area contributed by atoms with Crippen LogP contribution in [0.25, 0.3) is 0 Å². The summed E-state index contributed by atoms with van der Waals surface area (Å²) in [6, 6.07) is -0.395. The number of carbonyl (C=O) groups excluding carboxylic acids is 1. The molecule has 0 bridgehead atoms. The van der Waals surface area contributed by atoms with Crippen LogP contribution in [0, 0.1) is 5.92 Å². The third-order valence-corrected chi connectivity index (χ3v) is 3.88. The van der Waals surface area contributed by atoms with Crippen LogP contribution < -0.4 is 10.6 Å². The Balaban J connectivity index is 1.59. The van der Waals surface area contributed by atoms with Crippen molar-refractivity contribution in [2.75, 3.05) is 26.2 Å². The Labute approximate surface area is 119 Å². The molecule has 1 fully saturated rings. The highest BCUT2D eigenvalue weighted by atomic mass is 16.4. The molecule has 2 rings (SSSR count). The van der Waals surface area contributed by atoms with Crippen molar-refractivity contribution >= 4 is 12.0 Å². The number of piperidine rings is 1. The molecule has 2 aliphatic rings. The average Bonchev–Trinajstić information content (AvgIpc) is 2.88. The molecule has 2 atom stereocenters. The topological polar surface area (TPSA) is 81.7 Å². The van der Waals surface area contributed by atoms with E-state index >= 15 is 0 Å². The largest absolute Gasteiger partial charge is 0.481 e. The first-order chi connectivity index (χ1) is 9.65. The predicted molar refractivity (Wildman–Crippen MR) is 75.5 cm³/mol. The Hall–Kier alpha value is -1.56. The lowest BCUT2D eigenvalue weighted by molar-refractivity contribution is -0.140. The fraction of sp³-hybridized carbons (Fsp3) is 0.714. The number of carboxylic acids is 1. The van der Waals surface area contributed by atoms with Crippen molar-refractivity contribution in [2.24, 2.45) is 5.92 Å². The first kappa shape index (κ1) is 14.8. The van der Waals surface area contributed by atoms with Crippen molar-refractivity contribution < 1.29 is 14.7 Å². The summed E-state index contributed by atoms with van der Waals surface area (Å²) in [7, 11) is 0. The fourth-order valence-electron chi connectivity index (χ4n) is 2.72. The lowest BCUT2D eigenvalue weighted by atomic mass is 10.1. The van der Waals surface area contributed by atoms with Crippen LogP contribution in [0.3, 0.4) is 0 Å². The molecule has 0 aromatic rings. The van der Waals surface area contributed by atoms with Gasteiger partial charge in [0, 0.05) is 13.1 Å². The van der Waals surface area contributed by atoms with Crippen LogP contribution in [0.5, 0.6) is 0 Å². The minimum Gasteiger partial charge on any atom is -0.481 e. The monoisotopic (exact) mass is 281 g/mol. The van der Waals surface area contributed by atoms with Gasteiger partial charge in [0.1, 0.15) is 0 Å². The average molecular weight is 281 g/mol. The molecule has 0 spiro atoms. The molecule has 6 nitrogen and oxygen atoms in total. The standard InChI is InChI=1S/C14H23N3O3/c18-13(19)11-4-5-12(10-11)16-14(20)15-6-9-17-7-2-1-3-8-17/h4-5,11-12H,1-3,6-10H2,(H,18,19)(H2,15,16,20). The van der Waals surface area contributed by atoms with Crippen LogP contribution in [0.15, 0.2) is 12.2 Å². The summed E-state index contributed by atoms with van der Waals surface area (Å²) >= 11 is 0. The van der Waals surface area contributed by atoms with Gasteiger partial charge in [0.15, 0.2) is 0 Å². The Morgan fingerprint density at radius 1 is 1.20 bits per heavy atom. The van der Waals surface area contributed by atoms with E-state index in [2.05, 4.69) is 15.5 Å². The van der Waals surface area contributed by atoms with Crippen LogP contribution in [-0.4, -0.2) is 54.2 Å². The quantitative estimate of drug-likeness (QED) is 0.651. The number of likely N-dealkylation sites (tertiary alicyclic amines) is 1. The maximum absolute atomic E-state index is 11.7. The van der Waals surface area contributed by atoms with E-state index < -0.39 is 11.9 Å². The smallest absolute Gasteiger partial charge is 0.315 e. The molecule has 1 saturated heterocycles. The molecule has 20 heavy (non-hydrogen) atoms. The van der Waals surface area contributed by atoms with Crippen LogP contribution in [-0.2, 0) is 4.79 Å². The number of aliphatic carboxylic acids is 1. The molecule has 112 valence electrons. The second-order valence-electron chi connectivity index (χ2n) is 5.47. The highest BCUT2D eigenvalue weighted by Crippen LogP contribution is 2.17. The summed E-state index contributed by atoms with van der Waals surface area (Å²) in [6.45, 7) is 3.75. The van der Waals surface area contributed by atoms with E-state index in [0.717, 1.165) is 19.6 Å². The predicted octanol–water partition coefficient (Wildman–Crippen LogP) is 0.801. The maximum Gasteiger partial charge on any atom is 0.315 e. The van der Waals surface area contributed by atoms with Gasteiger partial charge in [-0.05, 0) is 32.4 Å². The van der Waals surface area contributed by atoms with Crippen molar-refractivity contribution in [3.8, 4) is 0 Å². The van der Waals surface area contributed by atoms with E-state index in [1.54, 1.807) is 12.2 Å². The number of carbonyl (C=O) groups is 2. The number of urea groups is 1. The van der Waals surface area contributed by atoms with Gasteiger partial charge in [-0.1, -0.05) is 18.6 Å². The Morgan fingerprint density at radius 2 is 1.95 bits per heavy atom. The van der Waals surface area contributed by atoms with Crippen molar-refractivity contribution in [1.29, 1.82) is 0 Å². The van der Waals surface area contributed by atoms with Crippen LogP contribution in [0.1, 0.15) is 25.7 Å². The highest BCUT2D eigenvalue weighted by Gasteiger charge is 2.25. The third-order valence-electron chi connectivity index (χ3n) is 3.88. The van der Waals surface area contributed by atoms with Crippen molar-refractivity contribution in [2.45, 2.75) is 31.7 Å². The van der Waals surface area contributed by atoms with Crippen molar-refractivity contribution in [3.63, 3.8) is 0 Å². The fourth-order valence-corrected chi connectivity index (χ4v) is 2.72. The first-order valence-corrected chi connectivity index (χ1v) is 7.33. The molecule has 6 heteroatoms. The highest BCUT2D eigenvalue weighted by molar-refractivity contribution is 5.76. The minimum absolute atomic E-state index is 0.175. The number of hydrogen-bond acceptors (Lipinski definition) is 3. The number of amides is 2. The molecule has 0 radical (unpaired) electrons. The zero-order valence-electron chi connectivity index (χ0n) is 11.7. The van der Waals surface area contributed by atoms with E-state index in [9.17, 15) is 9.59 Å². The summed E-state index contributed by atoms with van der Waals surface area (Å²) in [5.41, 5.74) is 0. The molecule has 2 unspecified atom stereocenters. The van der Waals surface area contributed by atoms with Crippen molar-refractivity contribution in [3.05, 3.63) is 12.2 Å². The zero-order valence-corrected chi connectivity index (χ0v) is 11.7. The molecule has 3 N–H and O–H groups in total. The summed E-state index contributed by atoms with van der Waals surface area (Å²) in [4.78, 5) is 24.9. The molecular weight excluding hydrogens is 258 g/mol. The van der Waals surface area contributed by atoms with Gasteiger partial charge in [-0.25, -0.2) is 4.79 Å². The Morgan fingerprint density at radius 3 is 2.60 bits per heavy atom. The maximum atomic E-state index is 11.7. The lowest BCUT2D eigenvalue weighted by Crippen LogP contribution is -2.44. The van der Waals surface area contributed by atoms with E-state index in [0.29, 0.717) is 13.0 Å². The second-order valence-corrected chi connectivity index (χ2v) is 5.47. The molecule has 0 aromatic carbocycles. The summed E-state index contributed by atoms with van der Waals surface area (Å²) in [5, 5.41) is 14.5. The molecule has 1 heterocycles. The molecule has 0 saturated carbocycles. The molecule has 1 aliphatic heterocycles. The molecule has 2 amide bonds. The number of hydrogen-bond donors (Lipinski definition) is 3. The number of nitrogens with one attached hydrogen (secondary N) is 2. The van der Waals surface area contributed by atoms with Gasteiger partial charge in [-0.15, -0.1) is 0 Å². The SMILES string of the molecule is O=C(NCCN1CCCCC1)NC1C=CC(C(=O)O)C1. The third kappa shape index (κ3) is 4.52.